The minimum Gasteiger partial charge on any atom is -0.381 e. The molecular weight excluding hydrogens is 519 g/mol. The van der Waals surface area contributed by atoms with Crippen LogP contribution in [0.4, 0.5) is 27.5 Å². The lowest BCUT2D eigenvalue weighted by molar-refractivity contribution is -0.122. The summed E-state index contributed by atoms with van der Waals surface area (Å²) < 4.78 is 19.9. The fourth-order valence-corrected chi connectivity index (χ4v) is 4.88. The number of primary amides is 1. The van der Waals surface area contributed by atoms with E-state index in [4.69, 9.17) is 39.6 Å². The van der Waals surface area contributed by atoms with Gasteiger partial charge in [-0.25, -0.2) is 9.37 Å². The number of rotatable bonds is 7. The van der Waals surface area contributed by atoms with Crippen LogP contribution < -0.4 is 27.0 Å². The van der Waals surface area contributed by atoms with Crippen LogP contribution in [0.1, 0.15) is 44.1 Å². The van der Waals surface area contributed by atoms with Crippen molar-refractivity contribution < 1.29 is 13.9 Å². The van der Waals surface area contributed by atoms with E-state index in [0.29, 0.717) is 43.5 Å². The number of hydrogen-bond donors (Lipinski definition) is 5. The van der Waals surface area contributed by atoms with Crippen LogP contribution in [0.3, 0.4) is 0 Å². The number of nitrogens with zero attached hydrogens (tertiary/aromatic N) is 3. The molecule has 0 unspecified atom stereocenters. The maximum absolute atomic E-state index is 14.5. The third-order valence-corrected chi connectivity index (χ3v) is 6.97. The van der Waals surface area contributed by atoms with E-state index in [1.54, 1.807) is 6.20 Å². The lowest BCUT2D eigenvalue weighted by Gasteiger charge is -2.29. The van der Waals surface area contributed by atoms with Gasteiger partial charge in [-0.3, -0.25) is 4.79 Å². The van der Waals surface area contributed by atoms with Gasteiger partial charge < -0.3 is 31.7 Å². The third kappa shape index (κ3) is 7.15. The second-order valence-corrected chi connectivity index (χ2v) is 9.90. The number of halogens is 2. The molecule has 2 fully saturated rings. The first kappa shape index (κ1) is 26.8. The molecule has 1 aliphatic heterocycles. The SMILES string of the molecule is N#Cc1cc(F)c(NC(=S)Nc2cnc(NC3CCOCC3)nc2NC2CCC(C(N)=O)CC2)c(Cl)c1. The topological polar surface area (TPSA) is 150 Å². The second-order valence-electron chi connectivity index (χ2n) is 9.09. The van der Waals surface area contributed by atoms with Crippen molar-refractivity contribution in [3.8, 4) is 6.07 Å². The number of aromatic nitrogens is 2. The number of nitrogens with one attached hydrogen (secondary N) is 4. The molecule has 1 aliphatic carbocycles. The van der Waals surface area contributed by atoms with Gasteiger partial charge in [0, 0.05) is 31.2 Å². The molecule has 196 valence electrons. The fraction of sp³-hybridized carbons (Fsp3) is 0.458. The molecule has 37 heavy (non-hydrogen) atoms. The van der Waals surface area contributed by atoms with Crippen molar-refractivity contribution in [1.82, 2.24) is 9.97 Å². The van der Waals surface area contributed by atoms with Crippen LogP contribution in [0.2, 0.25) is 5.02 Å². The lowest BCUT2D eigenvalue weighted by Crippen LogP contribution is -2.33. The molecule has 2 aromatic rings. The van der Waals surface area contributed by atoms with Crippen molar-refractivity contribution in [2.24, 2.45) is 11.7 Å². The van der Waals surface area contributed by atoms with Crippen molar-refractivity contribution in [2.75, 3.05) is 34.5 Å². The number of amides is 1. The number of carbonyl (C=O) groups excluding carboxylic acids is 1. The molecular formula is C24H28ClFN8O2S. The van der Waals surface area contributed by atoms with Gasteiger partial charge in [-0.05, 0) is 62.9 Å². The average molecular weight is 547 g/mol. The quantitative estimate of drug-likeness (QED) is 0.322. The molecule has 13 heteroatoms. The normalized spacial score (nSPS) is 19.9. The number of benzene rings is 1. The van der Waals surface area contributed by atoms with Crippen LogP contribution in [-0.4, -0.2) is 46.3 Å². The van der Waals surface area contributed by atoms with Crippen molar-refractivity contribution in [2.45, 2.75) is 50.6 Å². The predicted octanol–water partition coefficient (Wildman–Crippen LogP) is 4.00. The zero-order valence-corrected chi connectivity index (χ0v) is 21.6. The van der Waals surface area contributed by atoms with E-state index < -0.39 is 5.82 Å². The first-order chi connectivity index (χ1) is 17.8. The van der Waals surface area contributed by atoms with Crippen LogP contribution in [0, 0.1) is 23.1 Å². The molecule has 1 saturated carbocycles. The summed E-state index contributed by atoms with van der Waals surface area (Å²) in [7, 11) is 0. The van der Waals surface area contributed by atoms with Gasteiger partial charge in [-0.15, -0.1) is 0 Å². The number of nitriles is 1. The minimum atomic E-state index is -0.704. The molecule has 10 nitrogen and oxygen atoms in total. The molecule has 4 rings (SSSR count). The third-order valence-electron chi connectivity index (χ3n) is 6.47. The summed E-state index contributed by atoms with van der Waals surface area (Å²) in [5.41, 5.74) is 6.01. The van der Waals surface area contributed by atoms with Crippen molar-refractivity contribution in [3.63, 3.8) is 0 Å². The van der Waals surface area contributed by atoms with E-state index in [1.165, 1.54) is 6.07 Å². The van der Waals surface area contributed by atoms with Crippen LogP contribution in [-0.2, 0) is 9.53 Å². The zero-order chi connectivity index (χ0) is 26.4. The van der Waals surface area contributed by atoms with Crippen LogP contribution in [0.15, 0.2) is 18.3 Å². The highest BCUT2D eigenvalue weighted by Gasteiger charge is 2.26. The smallest absolute Gasteiger partial charge is 0.224 e. The molecule has 1 saturated heterocycles. The summed E-state index contributed by atoms with van der Waals surface area (Å²) in [6, 6.07) is 4.56. The molecule has 6 N–H and O–H groups in total. The van der Waals surface area contributed by atoms with Gasteiger partial charge in [0.05, 0.1) is 28.5 Å². The Labute approximate surface area is 224 Å². The van der Waals surface area contributed by atoms with Crippen molar-refractivity contribution >= 4 is 58.0 Å². The summed E-state index contributed by atoms with van der Waals surface area (Å²) in [5.74, 6) is -0.106. The summed E-state index contributed by atoms with van der Waals surface area (Å²) in [4.78, 5) is 20.7. The predicted molar refractivity (Wildman–Crippen MR) is 144 cm³/mol. The number of hydrogen-bond acceptors (Lipinski definition) is 8. The highest BCUT2D eigenvalue weighted by atomic mass is 35.5. The Balaban J connectivity index is 1.50. The summed E-state index contributed by atoms with van der Waals surface area (Å²) in [5, 5.41) is 21.6. The Morgan fingerprint density at radius 2 is 1.84 bits per heavy atom. The van der Waals surface area contributed by atoms with E-state index in [0.717, 1.165) is 31.7 Å². The Bertz CT molecular complexity index is 1170. The van der Waals surface area contributed by atoms with Crippen LogP contribution in [0.25, 0.3) is 0 Å². The highest BCUT2D eigenvalue weighted by molar-refractivity contribution is 7.80. The molecule has 1 aromatic heterocycles. The number of anilines is 4. The van der Waals surface area contributed by atoms with Gasteiger partial charge in [0.25, 0.3) is 0 Å². The molecule has 0 bridgehead atoms. The van der Waals surface area contributed by atoms with Crippen LogP contribution >= 0.6 is 23.8 Å². The Morgan fingerprint density at radius 1 is 1.14 bits per heavy atom. The fourth-order valence-electron chi connectivity index (χ4n) is 4.42. The standard InChI is InChI=1S/C24H28ClFN8O2S/c25-17-9-13(11-27)10-18(26)20(17)33-24(37)32-19-12-29-23(31-16-5-7-36-8-6-16)34-22(19)30-15-3-1-14(2-4-15)21(28)35/h9-10,12,14-16H,1-8H2,(H2,28,35)(H2,32,33,37)(H2,29,30,31,34). The number of nitrogens with two attached hydrogens (primary N) is 1. The van der Waals surface area contributed by atoms with E-state index >= 15 is 0 Å². The molecule has 0 atom stereocenters. The Kier molecular flexibility index (Phi) is 8.91. The number of carbonyl (C=O) groups is 1. The van der Waals surface area contributed by atoms with Gasteiger partial charge in [0.1, 0.15) is 11.5 Å². The van der Waals surface area contributed by atoms with Gasteiger partial charge in [0.2, 0.25) is 11.9 Å². The average Bonchev–Trinajstić information content (AvgIpc) is 2.88. The number of thiocarbonyl (C=S) groups is 1. The highest BCUT2D eigenvalue weighted by Crippen LogP contribution is 2.30. The van der Waals surface area contributed by atoms with Crippen molar-refractivity contribution in [1.29, 1.82) is 5.26 Å². The van der Waals surface area contributed by atoms with Gasteiger partial charge >= 0.3 is 0 Å². The first-order valence-corrected chi connectivity index (χ1v) is 12.8. The summed E-state index contributed by atoms with van der Waals surface area (Å²) >= 11 is 11.5. The van der Waals surface area contributed by atoms with Gasteiger partial charge in [-0.1, -0.05) is 11.6 Å². The second kappa shape index (κ2) is 12.3. The summed E-state index contributed by atoms with van der Waals surface area (Å²) in [6.45, 7) is 1.36. The molecule has 0 radical (unpaired) electrons. The maximum atomic E-state index is 14.5. The molecule has 2 heterocycles. The van der Waals surface area contributed by atoms with Gasteiger partial charge in [-0.2, -0.15) is 10.2 Å². The molecule has 0 spiro atoms. The maximum Gasteiger partial charge on any atom is 0.224 e. The molecule has 1 aromatic carbocycles. The largest absolute Gasteiger partial charge is 0.381 e. The minimum absolute atomic E-state index is 0.0255. The Morgan fingerprint density at radius 3 is 2.49 bits per heavy atom. The van der Waals surface area contributed by atoms with E-state index in [-0.39, 0.29) is 45.3 Å². The Hall–Kier alpha value is -3.27. The van der Waals surface area contributed by atoms with E-state index in [9.17, 15) is 9.18 Å². The van der Waals surface area contributed by atoms with E-state index in [1.807, 2.05) is 6.07 Å². The zero-order valence-electron chi connectivity index (χ0n) is 20.0. The first-order valence-electron chi connectivity index (χ1n) is 12.1. The molecule has 1 amide bonds. The monoisotopic (exact) mass is 546 g/mol. The van der Waals surface area contributed by atoms with Crippen molar-refractivity contribution in [3.05, 3.63) is 34.7 Å². The van der Waals surface area contributed by atoms with Crippen LogP contribution in [0.5, 0.6) is 0 Å². The lowest BCUT2D eigenvalue weighted by atomic mass is 9.85. The van der Waals surface area contributed by atoms with Gasteiger partial charge in [0.15, 0.2) is 10.9 Å². The number of ether oxygens (including phenoxy) is 1. The van der Waals surface area contributed by atoms with E-state index in [2.05, 4.69) is 31.2 Å². The molecule has 2 aliphatic rings. The summed E-state index contributed by atoms with van der Waals surface area (Å²) in [6.07, 6.45) is 6.22.